The maximum absolute atomic E-state index is 10.9. The first kappa shape index (κ1) is 12.3. The van der Waals surface area contributed by atoms with Gasteiger partial charge in [-0.3, -0.25) is 4.55 Å². The standard InChI is InChI=1S/C11H10N2O4S/c12-11-4-1-7(6-13-11)9-3-2-8(5-10(9)14)18(15,16)17/h1-6,14H,(H2,12,13)(H,15,16,17). The Kier molecular flexibility index (Phi) is 2.93. The van der Waals surface area contributed by atoms with Gasteiger partial charge in [0.1, 0.15) is 11.6 Å². The predicted octanol–water partition coefficient (Wildman–Crippen LogP) is 1.28. The second kappa shape index (κ2) is 4.28. The summed E-state index contributed by atoms with van der Waals surface area (Å²) in [5, 5.41) is 9.74. The highest BCUT2D eigenvalue weighted by molar-refractivity contribution is 7.85. The van der Waals surface area contributed by atoms with Crippen LogP contribution in [0.5, 0.6) is 5.75 Å². The first-order valence-corrected chi connectivity index (χ1v) is 6.34. The molecule has 7 heteroatoms. The van der Waals surface area contributed by atoms with Crippen LogP contribution in [0, 0.1) is 0 Å². The molecule has 0 amide bonds. The van der Waals surface area contributed by atoms with E-state index < -0.39 is 10.1 Å². The molecule has 18 heavy (non-hydrogen) atoms. The molecule has 1 aromatic heterocycles. The van der Waals surface area contributed by atoms with Crippen molar-refractivity contribution in [1.29, 1.82) is 0 Å². The zero-order valence-corrected chi connectivity index (χ0v) is 9.92. The molecular formula is C11H10N2O4S. The van der Waals surface area contributed by atoms with Crippen molar-refractivity contribution < 1.29 is 18.1 Å². The molecule has 0 fully saturated rings. The zero-order valence-electron chi connectivity index (χ0n) is 9.11. The minimum Gasteiger partial charge on any atom is -0.507 e. The Labute approximate surface area is 103 Å². The number of phenols is 1. The molecule has 1 aromatic carbocycles. The third-order valence-corrected chi connectivity index (χ3v) is 3.21. The van der Waals surface area contributed by atoms with Crippen molar-refractivity contribution in [1.82, 2.24) is 4.98 Å². The lowest BCUT2D eigenvalue weighted by Crippen LogP contribution is -1.97. The lowest BCUT2D eigenvalue weighted by molar-refractivity contribution is 0.467. The van der Waals surface area contributed by atoms with Gasteiger partial charge in [-0.05, 0) is 24.3 Å². The third kappa shape index (κ3) is 2.41. The fraction of sp³-hybridized carbons (Fsp3) is 0. The molecule has 0 atom stereocenters. The Bertz CT molecular complexity index is 681. The Morgan fingerprint density at radius 1 is 1.17 bits per heavy atom. The van der Waals surface area contributed by atoms with Crippen LogP contribution < -0.4 is 5.73 Å². The Morgan fingerprint density at radius 3 is 2.39 bits per heavy atom. The van der Waals surface area contributed by atoms with Crippen LogP contribution in [0.2, 0.25) is 0 Å². The minimum atomic E-state index is -4.33. The molecule has 0 saturated heterocycles. The van der Waals surface area contributed by atoms with Gasteiger partial charge in [0.2, 0.25) is 0 Å². The van der Waals surface area contributed by atoms with Crippen LogP contribution in [0.15, 0.2) is 41.4 Å². The lowest BCUT2D eigenvalue weighted by atomic mass is 10.1. The van der Waals surface area contributed by atoms with Crippen molar-refractivity contribution in [3.05, 3.63) is 36.5 Å². The molecule has 4 N–H and O–H groups in total. The van der Waals surface area contributed by atoms with E-state index in [0.717, 1.165) is 6.07 Å². The van der Waals surface area contributed by atoms with Gasteiger partial charge in [0.15, 0.2) is 0 Å². The summed E-state index contributed by atoms with van der Waals surface area (Å²) in [5.74, 6) is 0.0736. The number of anilines is 1. The van der Waals surface area contributed by atoms with Crippen LogP contribution >= 0.6 is 0 Å². The highest BCUT2D eigenvalue weighted by Crippen LogP contribution is 2.30. The van der Waals surface area contributed by atoms with Gasteiger partial charge in [-0.15, -0.1) is 0 Å². The summed E-state index contributed by atoms with van der Waals surface area (Å²) in [6.07, 6.45) is 1.46. The number of aromatic nitrogens is 1. The second-order valence-corrected chi connectivity index (χ2v) is 5.05. The summed E-state index contributed by atoms with van der Waals surface area (Å²) in [6, 6.07) is 6.75. The number of hydrogen-bond donors (Lipinski definition) is 3. The molecule has 0 aliphatic carbocycles. The minimum absolute atomic E-state index is 0.267. The second-order valence-electron chi connectivity index (χ2n) is 3.63. The van der Waals surface area contributed by atoms with Crippen LogP contribution in [0.1, 0.15) is 0 Å². The Hall–Kier alpha value is -2.12. The number of nitrogens with two attached hydrogens (primary N) is 1. The van der Waals surface area contributed by atoms with Crippen LogP contribution in [0.3, 0.4) is 0 Å². The number of hydrogen-bond acceptors (Lipinski definition) is 5. The Balaban J connectivity index is 2.51. The first-order valence-electron chi connectivity index (χ1n) is 4.90. The van der Waals surface area contributed by atoms with Gasteiger partial charge >= 0.3 is 0 Å². The lowest BCUT2D eigenvalue weighted by Gasteiger charge is -2.06. The SMILES string of the molecule is Nc1ccc(-c2ccc(S(=O)(=O)O)cc2O)cn1. The van der Waals surface area contributed by atoms with Crippen molar-refractivity contribution in [3.63, 3.8) is 0 Å². The van der Waals surface area contributed by atoms with Crippen LogP contribution in [0.4, 0.5) is 5.82 Å². The molecule has 1 heterocycles. The summed E-state index contributed by atoms with van der Waals surface area (Å²) in [7, 11) is -4.33. The maximum atomic E-state index is 10.9. The van der Waals surface area contributed by atoms with Crippen molar-refractivity contribution in [2.24, 2.45) is 0 Å². The molecule has 0 aliphatic heterocycles. The van der Waals surface area contributed by atoms with E-state index in [-0.39, 0.29) is 10.6 Å². The summed E-state index contributed by atoms with van der Waals surface area (Å²) in [4.78, 5) is 3.50. The molecule has 94 valence electrons. The van der Waals surface area contributed by atoms with E-state index in [4.69, 9.17) is 10.3 Å². The monoisotopic (exact) mass is 266 g/mol. The average Bonchev–Trinajstić information content (AvgIpc) is 2.29. The first-order chi connectivity index (χ1) is 8.38. The van der Waals surface area contributed by atoms with E-state index in [1.165, 1.54) is 18.3 Å². The van der Waals surface area contributed by atoms with Crippen LogP contribution in [-0.4, -0.2) is 23.1 Å². The van der Waals surface area contributed by atoms with E-state index >= 15 is 0 Å². The fourth-order valence-electron chi connectivity index (χ4n) is 1.48. The summed E-state index contributed by atoms with van der Waals surface area (Å²) < 4.78 is 30.6. The molecule has 2 rings (SSSR count). The summed E-state index contributed by atoms with van der Waals surface area (Å²) in [6.45, 7) is 0. The largest absolute Gasteiger partial charge is 0.507 e. The normalized spacial score (nSPS) is 11.4. The average molecular weight is 266 g/mol. The number of benzene rings is 1. The van der Waals surface area contributed by atoms with Crippen molar-refractivity contribution in [2.45, 2.75) is 4.90 Å². The smallest absolute Gasteiger partial charge is 0.294 e. The maximum Gasteiger partial charge on any atom is 0.294 e. The summed E-state index contributed by atoms with van der Waals surface area (Å²) >= 11 is 0. The number of nitrogens with zero attached hydrogens (tertiary/aromatic N) is 1. The van der Waals surface area contributed by atoms with E-state index in [1.54, 1.807) is 12.1 Å². The highest BCUT2D eigenvalue weighted by atomic mass is 32.2. The molecular weight excluding hydrogens is 256 g/mol. The van der Waals surface area contributed by atoms with Crippen molar-refractivity contribution >= 4 is 15.9 Å². The molecule has 0 aliphatic rings. The Morgan fingerprint density at radius 2 is 1.89 bits per heavy atom. The van der Waals surface area contributed by atoms with Crippen molar-refractivity contribution in [2.75, 3.05) is 5.73 Å². The zero-order chi connectivity index (χ0) is 13.3. The van der Waals surface area contributed by atoms with Gasteiger partial charge in [0.25, 0.3) is 10.1 Å². The quantitative estimate of drug-likeness (QED) is 0.706. The molecule has 0 spiro atoms. The van der Waals surface area contributed by atoms with Crippen molar-refractivity contribution in [3.8, 4) is 16.9 Å². The summed E-state index contributed by atoms with van der Waals surface area (Å²) in [5.41, 5.74) is 6.42. The van der Waals surface area contributed by atoms with Gasteiger partial charge in [0.05, 0.1) is 4.90 Å². The number of phenolic OH excluding ortho intramolecular Hbond substituents is 1. The number of aromatic hydroxyl groups is 1. The molecule has 0 saturated carbocycles. The third-order valence-electron chi connectivity index (χ3n) is 2.36. The van der Waals surface area contributed by atoms with E-state index in [2.05, 4.69) is 4.98 Å². The molecule has 6 nitrogen and oxygen atoms in total. The van der Waals surface area contributed by atoms with Gasteiger partial charge in [0, 0.05) is 23.4 Å². The van der Waals surface area contributed by atoms with Gasteiger partial charge < -0.3 is 10.8 Å². The van der Waals surface area contributed by atoms with E-state index in [9.17, 15) is 13.5 Å². The van der Waals surface area contributed by atoms with Crippen LogP contribution in [-0.2, 0) is 10.1 Å². The van der Waals surface area contributed by atoms with Crippen LogP contribution in [0.25, 0.3) is 11.1 Å². The van der Waals surface area contributed by atoms with Gasteiger partial charge in [-0.1, -0.05) is 0 Å². The number of nitrogen functional groups attached to an aromatic ring is 1. The fourth-order valence-corrected chi connectivity index (χ4v) is 1.98. The number of pyridine rings is 1. The topological polar surface area (TPSA) is 114 Å². The molecule has 0 unspecified atom stereocenters. The van der Waals surface area contributed by atoms with Gasteiger partial charge in [-0.2, -0.15) is 8.42 Å². The predicted molar refractivity (Wildman–Crippen MR) is 65.6 cm³/mol. The highest BCUT2D eigenvalue weighted by Gasteiger charge is 2.13. The molecule has 0 radical (unpaired) electrons. The van der Waals surface area contributed by atoms with Gasteiger partial charge in [-0.25, -0.2) is 4.98 Å². The van der Waals surface area contributed by atoms with E-state index in [1.807, 2.05) is 0 Å². The number of rotatable bonds is 2. The molecule has 0 bridgehead atoms. The molecule has 2 aromatic rings. The van der Waals surface area contributed by atoms with E-state index in [0.29, 0.717) is 16.9 Å².